The molecule has 1 aromatic rings. The highest BCUT2D eigenvalue weighted by molar-refractivity contribution is 5.69. The van der Waals surface area contributed by atoms with Crippen LogP contribution in [0, 0.1) is 0 Å². The van der Waals surface area contributed by atoms with E-state index in [1.807, 2.05) is 6.92 Å². The van der Waals surface area contributed by atoms with Crippen molar-refractivity contribution in [2.75, 3.05) is 13.2 Å². The van der Waals surface area contributed by atoms with Gasteiger partial charge in [0.05, 0.1) is 6.61 Å². The number of hydrogen-bond donors (Lipinski definition) is 1. The number of hydrogen-bond acceptors (Lipinski definition) is 3. The maximum Gasteiger partial charge on any atom is 0.305 e. The average Bonchev–Trinajstić information content (AvgIpc) is 2.43. The van der Waals surface area contributed by atoms with Crippen LogP contribution < -0.4 is 5.32 Å². The first-order chi connectivity index (χ1) is 9.54. The zero-order valence-electron chi connectivity index (χ0n) is 13.1. The summed E-state index contributed by atoms with van der Waals surface area (Å²) in [5.41, 5.74) is 2.65. The van der Waals surface area contributed by atoms with Crippen molar-refractivity contribution >= 4 is 5.97 Å². The summed E-state index contributed by atoms with van der Waals surface area (Å²) in [4.78, 5) is 11.2. The van der Waals surface area contributed by atoms with E-state index in [-0.39, 0.29) is 5.97 Å². The molecular weight excluding hydrogens is 250 g/mol. The van der Waals surface area contributed by atoms with Crippen LogP contribution in [-0.2, 0) is 9.53 Å². The lowest BCUT2D eigenvalue weighted by Crippen LogP contribution is -2.20. The van der Waals surface area contributed by atoms with Gasteiger partial charge in [0.1, 0.15) is 0 Å². The Morgan fingerprint density at radius 3 is 2.30 bits per heavy atom. The number of ether oxygens (including phenoxy) is 1. The second-order valence-electron chi connectivity index (χ2n) is 5.41. The third kappa shape index (κ3) is 5.74. The highest BCUT2D eigenvalue weighted by atomic mass is 16.5. The standard InChI is InChI=1S/C17H27NO2/c1-5-20-17(19)7-6-12-18-14(4)16-10-8-15(9-11-16)13(2)3/h8-11,13-14,18H,5-7,12H2,1-4H3. The number of carbonyl (C=O) groups excluding carboxylic acids is 1. The van der Waals surface area contributed by atoms with Crippen molar-refractivity contribution in [1.82, 2.24) is 5.32 Å². The summed E-state index contributed by atoms with van der Waals surface area (Å²) in [5, 5.41) is 3.44. The minimum Gasteiger partial charge on any atom is -0.466 e. The Morgan fingerprint density at radius 1 is 1.15 bits per heavy atom. The van der Waals surface area contributed by atoms with Crippen molar-refractivity contribution in [1.29, 1.82) is 0 Å². The molecule has 0 aliphatic carbocycles. The third-order valence-corrected chi connectivity index (χ3v) is 3.42. The fourth-order valence-electron chi connectivity index (χ4n) is 2.07. The highest BCUT2D eigenvalue weighted by Gasteiger charge is 2.06. The first kappa shape index (κ1) is 16.7. The van der Waals surface area contributed by atoms with Gasteiger partial charge in [0.25, 0.3) is 0 Å². The Labute approximate surface area is 122 Å². The maximum absolute atomic E-state index is 11.2. The second kappa shape index (κ2) is 8.75. The molecule has 1 atom stereocenters. The van der Waals surface area contributed by atoms with E-state index in [0.717, 1.165) is 13.0 Å². The molecule has 0 amide bonds. The smallest absolute Gasteiger partial charge is 0.305 e. The molecule has 1 aromatic carbocycles. The summed E-state index contributed by atoms with van der Waals surface area (Å²) in [6.07, 6.45) is 1.30. The minimum atomic E-state index is -0.108. The van der Waals surface area contributed by atoms with Gasteiger partial charge in [0, 0.05) is 12.5 Å². The summed E-state index contributed by atoms with van der Waals surface area (Å²) in [7, 11) is 0. The molecule has 1 unspecified atom stereocenters. The van der Waals surface area contributed by atoms with E-state index in [1.165, 1.54) is 11.1 Å². The van der Waals surface area contributed by atoms with E-state index in [1.54, 1.807) is 0 Å². The Hall–Kier alpha value is -1.35. The number of carbonyl (C=O) groups is 1. The van der Waals surface area contributed by atoms with Crippen molar-refractivity contribution in [3.05, 3.63) is 35.4 Å². The molecule has 1 N–H and O–H groups in total. The van der Waals surface area contributed by atoms with Crippen molar-refractivity contribution < 1.29 is 9.53 Å². The van der Waals surface area contributed by atoms with Crippen LogP contribution in [0.4, 0.5) is 0 Å². The van der Waals surface area contributed by atoms with Gasteiger partial charge in [-0.15, -0.1) is 0 Å². The van der Waals surface area contributed by atoms with Crippen LogP contribution in [0.25, 0.3) is 0 Å². The van der Waals surface area contributed by atoms with Crippen molar-refractivity contribution in [2.45, 2.75) is 52.5 Å². The SMILES string of the molecule is CCOC(=O)CCCNC(C)c1ccc(C(C)C)cc1. The molecule has 3 nitrogen and oxygen atoms in total. The molecule has 0 aromatic heterocycles. The normalized spacial score (nSPS) is 12.4. The number of esters is 1. The molecule has 0 bridgehead atoms. The van der Waals surface area contributed by atoms with Crippen LogP contribution >= 0.6 is 0 Å². The average molecular weight is 277 g/mol. The quantitative estimate of drug-likeness (QED) is 0.580. The molecule has 0 aliphatic rings. The molecule has 0 spiro atoms. The number of benzene rings is 1. The molecular formula is C17H27NO2. The van der Waals surface area contributed by atoms with Gasteiger partial charge >= 0.3 is 5.97 Å². The highest BCUT2D eigenvalue weighted by Crippen LogP contribution is 2.18. The molecule has 0 heterocycles. The van der Waals surface area contributed by atoms with Gasteiger partial charge in [0.15, 0.2) is 0 Å². The third-order valence-electron chi connectivity index (χ3n) is 3.42. The van der Waals surface area contributed by atoms with Crippen molar-refractivity contribution in [3.8, 4) is 0 Å². The number of rotatable bonds is 8. The molecule has 20 heavy (non-hydrogen) atoms. The van der Waals surface area contributed by atoms with Gasteiger partial charge in [-0.3, -0.25) is 4.79 Å². The van der Waals surface area contributed by atoms with E-state index < -0.39 is 0 Å². The molecule has 0 fully saturated rings. The molecule has 0 saturated carbocycles. The zero-order valence-corrected chi connectivity index (χ0v) is 13.1. The summed E-state index contributed by atoms with van der Waals surface area (Å²) in [5.74, 6) is 0.458. The van der Waals surface area contributed by atoms with Gasteiger partial charge in [-0.05, 0) is 43.9 Å². The largest absolute Gasteiger partial charge is 0.466 e. The predicted octanol–water partition coefficient (Wildman–Crippen LogP) is 3.80. The van der Waals surface area contributed by atoms with E-state index in [9.17, 15) is 4.79 Å². The summed E-state index contributed by atoms with van der Waals surface area (Å²) >= 11 is 0. The number of nitrogens with one attached hydrogen (secondary N) is 1. The Morgan fingerprint density at radius 2 is 1.75 bits per heavy atom. The topological polar surface area (TPSA) is 38.3 Å². The van der Waals surface area contributed by atoms with E-state index in [2.05, 4.69) is 50.4 Å². The van der Waals surface area contributed by atoms with Gasteiger partial charge in [-0.25, -0.2) is 0 Å². The first-order valence-corrected chi connectivity index (χ1v) is 7.53. The molecule has 1 rings (SSSR count). The van der Waals surface area contributed by atoms with E-state index >= 15 is 0 Å². The predicted molar refractivity (Wildman–Crippen MR) is 82.8 cm³/mol. The van der Waals surface area contributed by atoms with Crippen molar-refractivity contribution in [2.24, 2.45) is 0 Å². The minimum absolute atomic E-state index is 0.108. The second-order valence-corrected chi connectivity index (χ2v) is 5.41. The van der Waals surface area contributed by atoms with Crippen LogP contribution in [0.3, 0.4) is 0 Å². The fraction of sp³-hybridized carbons (Fsp3) is 0.588. The summed E-state index contributed by atoms with van der Waals surface area (Å²) < 4.78 is 4.90. The van der Waals surface area contributed by atoms with Gasteiger partial charge in [-0.2, -0.15) is 0 Å². The van der Waals surface area contributed by atoms with Crippen LogP contribution in [0.5, 0.6) is 0 Å². The van der Waals surface area contributed by atoms with E-state index in [0.29, 0.717) is 25.0 Å². The lowest BCUT2D eigenvalue weighted by Gasteiger charge is -2.15. The van der Waals surface area contributed by atoms with Crippen LogP contribution in [0.2, 0.25) is 0 Å². The van der Waals surface area contributed by atoms with Crippen LogP contribution in [-0.4, -0.2) is 19.1 Å². The molecule has 0 aliphatic heterocycles. The van der Waals surface area contributed by atoms with Gasteiger partial charge in [0.2, 0.25) is 0 Å². The summed E-state index contributed by atoms with van der Waals surface area (Å²) in [6.45, 7) is 9.67. The van der Waals surface area contributed by atoms with Crippen molar-refractivity contribution in [3.63, 3.8) is 0 Å². The van der Waals surface area contributed by atoms with E-state index in [4.69, 9.17) is 4.74 Å². The molecule has 0 saturated heterocycles. The zero-order chi connectivity index (χ0) is 15.0. The summed E-state index contributed by atoms with van der Waals surface area (Å²) in [6, 6.07) is 9.04. The lowest BCUT2D eigenvalue weighted by atomic mass is 9.99. The van der Waals surface area contributed by atoms with Crippen LogP contribution in [0.15, 0.2) is 24.3 Å². The Balaban J connectivity index is 2.32. The van der Waals surface area contributed by atoms with Gasteiger partial charge < -0.3 is 10.1 Å². The Bertz CT molecular complexity index is 398. The van der Waals surface area contributed by atoms with Gasteiger partial charge in [-0.1, -0.05) is 38.1 Å². The fourth-order valence-corrected chi connectivity index (χ4v) is 2.07. The molecule has 0 radical (unpaired) electrons. The maximum atomic E-state index is 11.2. The monoisotopic (exact) mass is 277 g/mol. The van der Waals surface area contributed by atoms with Crippen LogP contribution in [0.1, 0.15) is 63.6 Å². The Kier molecular flexibility index (Phi) is 7.31. The molecule has 112 valence electrons. The molecule has 3 heteroatoms. The lowest BCUT2D eigenvalue weighted by molar-refractivity contribution is -0.143. The first-order valence-electron chi connectivity index (χ1n) is 7.53.